The molecule has 2 rings (SSSR count). The van der Waals surface area contributed by atoms with Crippen molar-refractivity contribution in [3.63, 3.8) is 0 Å². The molecule has 0 heterocycles. The highest BCUT2D eigenvalue weighted by Gasteiger charge is 2.16. The van der Waals surface area contributed by atoms with Gasteiger partial charge in [-0.25, -0.2) is 0 Å². The average molecular weight is 266 g/mol. The van der Waals surface area contributed by atoms with Crippen molar-refractivity contribution in [3.05, 3.63) is 39.9 Å². The number of nitrogens with one attached hydrogen (secondary N) is 1. The number of carbonyl (C=O) groups excluding carboxylic acids is 1. The maximum Gasteiger partial charge on any atom is 0.244 e. The van der Waals surface area contributed by atoms with Crippen LogP contribution in [0.4, 0.5) is 0 Å². The molecular formula is C12H12BrNO. The molecule has 78 valence electrons. The van der Waals surface area contributed by atoms with Gasteiger partial charge in [0.2, 0.25) is 5.91 Å². The lowest BCUT2D eigenvalue weighted by Gasteiger charge is -2.01. The second kappa shape index (κ2) is 4.19. The van der Waals surface area contributed by atoms with Gasteiger partial charge in [0, 0.05) is 17.6 Å². The Labute approximate surface area is 97.5 Å². The summed E-state index contributed by atoms with van der Waals surface area (Å²) < 4.78 is 1.06. The number of aryl methyl sites for hydroxylation is 1. The van der Waals surface area contributed by atoms with Crippen molar-refractivity contribution in [2.24, 2.45) is 0 Å². The van der Waals surface area contributed by atoms with Gasteiger partial charge in [-0.3, -0.25) is 4.79 Å². The lowest BCUT2D eigenvalue weighted by molar-refractivity contribution is -0.116. The fourth-order valence-corrected chi connectivity index (χ4v) is 2.21. The fraction of sp³-hybridized carbons (Fsp3) is 0.250. The number of benzene rings is 1. The number of likely N-dealkylation sites (N-methyl/N-ethyl adjacent to an activating group) is 1. The van der Waals surface area contributed by atoms with E-state index < -0.39 is 0 Å². The Morgan fingerprint density at radius 2 is 2.27 bits per heavy atom. The van der Waals surface area contributed by atoms with E-state index in [0.29, 0.717) is 0 Å². The van der Waals surface area contributed by atoms with Gasteiger partial charge >= 0.3 is 0 Å². The van der Waals surface area contributed by atoms with Gasteiger partial charge in [0.25, 0.3) is 0 Å². The molecule has 0 saturated carbocycles. The van der Waals surface area contributed by atoms with Gasteiger partial charge in [0.15, 0.2) is 0 Å². The topological polar surface area (TPSA) is 29.1 Å². The van der Waals surface area contributed by atoms with Gasteiger partial charge in [-0.05, 0) is 41.7 Å². The number of hydrogen-bond acceptors (Lipinski definition) is 1. The first kappa shape index (κ1) is 10.4. The van der Waals surface area contributed by atoms with Crippen molar-refractivity contribution < 1.29 is 4.79 Å². The molecule has 0 aliphatic heterocycles. The van der Waals surface area contributed by atoms with Gasteiger partial charge in [-0.15, -0.1) is 0 Å². The van der Waals surface area contributed by atoms with Crippen LogP contribution >= 0.6 is 15.9 Å². The van der Waals surface area contributed by atoms with Gasteiger partial charge in [0.1, 0.15) is 0 Å². The van der Waals surface area contributed by atoms with Crippen LogP contribution in [-0.2, 0) is 11.2 Å². The number of rotatable bonds is 1. The summed E-state index contributed by atoms with van der Waals surface area (Å²) in [6.07, 6.45) is 3.68. The number of hydrogen-bond donors (Lipinski definition) is 1. The molecule has 0 atom stereocenters. The van der Waals surface area contributed by atoms with Crippen molar-refractivity contribution in [2.45, 2.75) is 12.8 Å². The molecule has 1 aromatic rings. The number of halogens is 1. The Hall–Kier alpha value is -1.09. The third-order valence-electron chi connectivity index (χ3n) is 2.63. The zero-order valence-corrected chi connectivity index (χ0v) is 10.1. The summed E-state index contributed by atoms with van der Waals surface area (Å²) >= 11 is 3.45. The molecule has 0 saturated heterocycles. The maximum atomic E-state index is 11.3. The summed E-state index contributed by atoms with van der Waals surface area (Å²) in [5, 5.41) is 2.61. The highest BCUT2D eigenvalue weighted by atomic mass is 79.9. The van der Waals surface area contributed by atoms with Crippen LogP contribution in [-0.4, -0.2) is 13.0 Å². The minimum absolute atomic E-state index is 0.0298. The number of allylic oxidation sites excluding steroid dienone is 1. The van der Waals surface area contributed by atoms with Crippen molar-refractivity contribution >= 4 is 27.4 Å². The third-order valence-corrected chi connectivity index (χ3v) is 3.13. The molecule has 3 heteroatoms. The second-order valence-electron chi connectivity index (χ2n) is 3.59. The molecule has 1 aliphatic rings. The Morgan fingerprint density at radius 3 is 3.00 bits per heavy atom. The summed E-state index contributed by atoms with van der Waals surface area (Å²) in [4.78, 5) is 11.3. The summed E-state index contributed by atoms with van der Waals surface area (Å²) in [6.45, 7) is 0. The van der Waals surface area contributed by atoms with Gasteiger partial charge in [-0.2, -0.15) is 0 Å². The number of amides is 1. The van der Waals surface area contributed by atoms with E-state index in [2.05, 4.69) is 33.4 Å². The Bertz CT molecular complexity index is 437. The van der Waals surface area contributed by atoms with E-state index in [1.807, 2.05) is 6.07 Å². The Kier molecular flexibility index (Phi) is 2.91. The van der Waals surface area contributed by atoms with Gasteiger partial charge in [0.05, 0.1) is 0 Å². The SMILES string of the molecule is CNC(=O)/C=C1\CCc2ccc(Br)cc21. The molecule has 1 N–H and O–H groups in total. The first-order valence-electron chi connectivity index (χ1n) is 4.92. The quantitative estimate of drug-likeness (QED) is 0.777. The van der Waals surface area contributed by atoms with Crippen LogP contribution in [0, 0.1) is 0 Å². The van der Waals surface area contributed by atoms with Crippen molar-refractivity contribution in [1.82, 2.24) is 5.32 Å². The summed E-state index contributed by atoms with van der Waals surface area (Å²) in [6, 6.07) is 6.24. The van der Waals surface area contributed by atoms with Crippen LogP contribution in [0.25, 0.3) is 5.57 Å². The van der Waals surface area contributed by atoms with E-state index in [-0.39, 0.29) is 5.91 Å². The highest BCUT2D eigenvalue weighted by Crippen LogP contribution is 2.33. The first-order valence-corrected chi connectivity index (χ1v) is 5.71. The molecule has 1 aromatic carbocycles. The Morgan fingerprint density at radius 1 is 1.47 bits per heavy atom. The number of carbonyl (C=O) groups is 1. The third kappa shape index (κ3) is 2.12. The largest absolute Gasteiger partial charge is 0.356 e. The van der Waals surface area contributed by atoms with E-state index in [9.17, 15) is 4.79 Å². The van der Waals surface area contributed by atoms with E-state index >= 15 is 0 Å². The van der Waals surface area contributed by atoms with Crippen LogP contribution in [0.15, 0.2) is 28.7 Å². The van der Waals surface area contributed by atoms with Crippen LogP contribution in [0.2, 0.25) is 0 Å². The van der Waals surface area contributed by atoms with E-state index in [1.54, 1.807) is 13.1 Å². The minimum Gasteiger partial charge on any atom is -0.356 e. The van der Waals surface area contributed by atoms with E-state index in [4.69, 9.17) is 0 Å². The molecule has 0 radical (unpaired) electrons. The van der Waals surface area contributed by atoms with Crippen LogP contribution in [0.3, 0.4) is 0 Å². The van der Waals surface area contributed by atoms with Gasteiger partial charge in [-0.1, -0.05) is 22.0 Å². The van der Waals surface area contributed by atoms with Gasteiger partial charge < -0.3 is 5.32 Å². The summed E-state index contributed by atoms with van der Waals surface area (Å²) in [5.74, 6) is -0.0298. The summed E-state index contributed by atoms with van der Waals surface area (Å²) in [7, 11) is 1.65. The molecule has 2 nitrogen and oxygen atoms in total. The number of fused-ring (bicyclic) bond motifs is 1. The maximum absolute atomic E-state index is 11.3. The van der Waals surface area contributed by atoms with Crippen molar-refractivity contribution in [1.29, 1.82) is 0 Å². The molecule has 1 aliphatic carbocycles. The van der Waals surface area contributed by atoms with Crippen LogP contribution < -0.4 is 5.32 Å². The highest BCUT2D eigenvalue weighted by molar-refractivity contribution is 9.10. The predicted octanol–water partition coefficient (Wildman–Crippen LogP) is 2.52. The van der Waals surface area contributed by atoms with Crippen LogP contribution in [0.1, 0.15) is 17.5 Å². The second-order valence-corrected chi connectivity index (χ2v) is 4.50. The monoisotopic (exact) mass is 265 g/mol. The standard InChI is InChI=1S/C12H12BrNO/c1-14-12(15)6-9-3-2-8-4-5-10(13)7-11(8)9/h4-7H,2-3H2,1H3,(H,14,15)/b9-6+. The molecule has 0 unspecified atom stereocenters. The molecule has 1 amide bonds. The van der Waals surface area contributed by atoms with E-state index in [0.717, 1.165) is 22.9 Å². The summed E-state index contributed by atoms with van der Waals surface area (Å²) in [5.41, 5.74) is 3.66. The molecule has 0 spiro atoms. The first-order chi connectivity index (χ1) is 7.20. The minimum atomic E-state index is -0.0298. The lowest BCUT2D eigenvalue weighted by Crippen LogP contribution is -2.14. The smallest absolute Gasteiger partial charge is 0.244 e. The van der Waals surface area contributed by atoms with Crippen LogP contribution in [0.5, 0.6) is 0 Å². The predicted molar refractivity (Wildman–Crippen MR) is 64.5 cm³/mol. The van der Waals surface area contributed by atoms with Crippen molar-refractivity contribution in [2.75, 3.05) is 7.05 Å². The Balaban J connectivity index is 2.39. The molecule has 15 heavy (non-hydrogen) atoms. The zero-order chi connectivity index (χ0) is 10.8. The molecular weight excluding hydrogens is 254 g/mol. The van der Waals surface area contributed by atoms with E-state index in [1.165, 1.54) is 11.1 Å². The molecule has 0 aromatic heterocycles. The molecule has 0 bridgehead atoms. The fourth-order valence-electron chi connectivity index (χ4n) is 1.85. The normalized spacial score (nSPS) is 16.5. The average Bonchev–Trinajstić information content (AvgIpc) is 2.61. The van der Waals surface area contributed by atoms with Crippen molar-refractivity contribution in [3.8, 4) is 0 Å². The zero-order valence-electron chi connectivity index (χ0n) is 8.51. The molecule has 0 fully saturated rings. The lowest BCUT2D eigenvalue weighted by atomic mass is 10.1.